The summed E-state index contributed by atoms with van der Waals surface area (Å²) in [7, 11) is 1.71. The first-order valence-corrected chi connectivity index (χ1v) is 10.6. The van der Waals surface area contributed by atoms with Gasteiger partial charge >= 0.3 is 0 Å². The first kappa shape index (κ1) is 21.4. The number of para-hydroxylation sites is 1. The number of fused-ring (bicyclic) bond motifs is 1. The number of hydrogen-bond donors (Lipinski definition) is 4. The van der Waals surface area contributed by atoms with E-state index in [9.17, 15) is 9.90 Å². The highest BCUT2D eigenvalue weighted by Crippen LogP contribution is 2.23. The first-order chi connectivity index (χ1) is 15.6. The van der Waals surface area contributed by atoms with Crippen molar-refractivity contribution in [2.75, 3.05) is 30.8 Å². The number of aliphatic hydroxyl groups is 1. The predicted octanol–water partition coefficient (Wildman–Crippen LogP) is 3.78. The predicted molar refractivity (Wildman–Crippen MR) is 128 cm³/mol. The minimum atomic E-state index is -0.468. The van der Waals surface area contributed by atoms with Crippen LogP contribution in [0.1, 0.15) is 5.56 Å². The molecule has 0 bridgehead atoms. The molecule has 4 aromatic rings. The molecule has 0 fully saturated rings. The van der Waals surface area contributed by atoms with E-state index in [0.29, 0.717) is 13.0 Å². The van der Waals surface area contributed by atoms with Crippen LogP contribution in [-0.4, -0.2) is 52.1 Å². The van der Waals surface area contributed by atoms with Crippen molar-refractivity contribution >= 4 is 33.9 Å². The molecule has 7 nitrogen and oxygen atoms in total. The van der Waals surface area contributed by atoms with Crippen molar-refractivity contribution in [1.29, 1.82) is 0 Å². The minimum absolute atomic E-state index is 0.0664. The third-order valence-corrected chi connectivity index (χ3v) is 5.40. The van der Waals surface area contributed by atoms with Gasteiger partial charge in [0.1, 0.15) is 6.04 Å². The zero-order chi connectivity index (χ0) is 22.3. The summed E-state index contributed by atoms with van der Waals surface area (Å²) in [6, 6.07) is 19.2. The normalized spacial score (nSPS) is 11.8. The lowest BCUT2D eigenvalue weighted by Crippen LogP contribution is -2.43. The number of H-pyrrole nitrogens is 1. The fourth-order valence-electron chi connectivity index (χ4n) is 3.70. The number of aromatic amines is 1. The summed E-state index contributed by atoms with van der Waals surface area (Å²) in [5, 5.41) is 17.1. The molecule has 1 atom stereocenters. The highest BCUT2D eigenvalue weighted by atomic mass is 16.3. The van der Waals surface area contributed by atoms with Crippen LogP contribution in [0.3, 0.4) is 0 Å². The Balaban J connectivity index is 1.52. The molecule has 0 saturated carbocycles. The molecule has 0 aliphatic rings. The number of rotatable bonds is 9. The zero-order valence-corrected chi connectivity index (χ0v) is 18.0. The quantitative estimate of drug-likeness (QED) is 0.325. The molecular weight excluding hydrogens is 402 g/mol. The van der Waals surface area contributed by atoms with Crippen LogP contribution >= 0.6 is 0 Å². The second-order valence-corrected chi connectivity index (χ2v) is 7.68. The Morgan fingerprint density at radius 3 is 2.47 bits per heavy atom. The maximum Gasteiger partial charge on any atom is 0.245 e. The van der Waals surface area contributed by atoms with E-state index in [4.69, 9.17) is 0 Å². The molecule has 4 N–H and O–H groups in total. The SMILES string of the molecule is CN(CCO)C(=O)C(Cc1c[nH]c2ccccc12)Nc1ccc(Nc2ccncc2)cc1. The smallest absolute Gasteiger partial charge is 0.245 e. The molecule has 0 spiro atoms. The molecule has 0 saturated heterocycles. The van der Waals surface area contributed by atoms with Gasteiger partial charge in [0.2, 0.25) is 5.91 Å². The highest BCUT2D eigenvalue weighted by molar-refractivity contribution is 5.88. The standard InChI is InChI=1S/C25H27N5O2/c1-30(14-15-31)25(32)24(16-18-17-27-23-5-3-2-4-22(18)23)29-20-8-6-19(7-9-20)28-21-10-12-26-13-11-21/h2-13,17,24,27,29,31H,14-16H2,1H3,(H,26,28). The molecule has 32 heavy (non-hydrogen) atoms. The molecule has 7 heteroatoms. The Labute approximate surface area is 187 Å². The van der Waals surface area contributed by atoms with Crippen LogP contribution < -0.4 is 10.6 Å². The topological polar surface area (TPSA) is 93.3 Å². The van der Waals surface area contributed by atoms with Gasteiger partial charge in [0.05, 0.1) is 6.61 Å². The molecule has 2 heterocycles. The number of anilines is 3. The van der Waals surface area contributed by atoms with Gasteiger partial charge in [-0.2, -0.15) is 0 Å². The molecule has 4 rings (SSSR count). The summed E-state index contributed by atoms with van der Waals surface area (Å²) in [6.07, 6.45) is 5.96. The number of carbonyl (C=O) groups is 1. The lowest BCUT2D eigenvalue weighted by molar-refractivity contribution is -0.131. The number of hydrogen-bond acceptors (Lipinski definition) is 5. The zero-order valence-electron chi connectivity index (χ0n) is 18.0. The van der Waals surface area contributed by atoms with Crippen molar-refractivity contribution in [2.45, 2.75) is 12.5 Å². The van der Waals surface area contributed by atoms with E-state index in [2.05, 4.69) is 26.7 Å². The van der Waals surface area contributed by atoms with Crippen molar-refractivity contribution in [1.82, 2.24) is 14.9 Å². The van der Waals surface area contributed by atoms with Crippen molar-refractivity contribution < 1.29 is 9.90 Å². The fraction of sp³-hybridized carbons (Fsp3) is 0.200. The molecule has 164 valence electrons. The largest absolute Gasteiger partial charge is 0.395 e. The molecular formula is C25H27N5O2. The summed E-state index contributed by atoms with van der Waals surface area (Å²) in [6.45, 7) is 0.219. The Hall–Kier alpha value is -3.84. The Bertz CT molecular complexity index is 1160. The van der Waals surface area contributed by atoms with Gasteiger partial charge in [-0.05, 0) is 48.0 Å². The van der Waals surface area contributed by atoms with Crippen molar-refractivity contribution in [3.63, 3.8) is 0 Å². The average Bonchev–Trinajstić information content (AvgIpc) is 3.23. The molecule has 0 radical (unpaired) electrons. The second kappa shape index (κ2) is 9.98. The maximum absolute atomic E-state index is 13.1. The van der Waals surface area contributed by atoms with Crippen molar-refractivity contribution in [2.24, 2.45) is 0 Å². The van der Waals surface area contributed by atoms with Crippen LogP contribution in [-0.2, 0) is 11.2 Å². The summed E-state index contributed by atoms with van der Waals surface area (Å²) in [5.41, 5.74) is 4.86. The average molecular weight is 430 g/mol. The number of aromatic nitrogens is 2. The van der Waals surface area contributed by atoms with Gasteiger partial charge in [0.25, 0.3) is 0 Å². The third-order valence-electron chi connectivity index (χ3n) is 5.40. The lowest BCUT2D eigenvalue weighted by atomic mass is 10.0. The van der Waals surface area contributed by atoms with Gasteiger partial charge in [-0.15, -0.1) is 0 Å². The maximum atomic E-state index is 13.1. The van der Waals surface area contributed by atoms with E-state index in [0.717, 1.165) is 33.5 Å². The molecule has 2 aromatic carbocycles. The summed E-state index contributed by atoms with van der Waals surface area (Å²) >= 11 is 0. The van der Waals surface area contributed by atoms with E-state index < -0.39 is 6.04 Å². The molecule has 1 unspecified atom stereocenters. The van der Waals surface area contributed by atoms with E-state index in [1.165, 1.54) is 0 Å². The van der Waals surface area contributed by atoms with E-state index in [1.54, 1.807) is 24.3 Å². The highest BCUT2D eigenvalue weighted by Gasteiger charge is 2.23. The summed E-state index contributed by atoms with van der Waals surface area (Å²) in [5.74, 6) is -0.0664. The van der Waals surface area contributed by atoms with Gasteiger partial charge in [-0.1, -0.05) is 18.2 Å². The van der Waals surface area contributed by atoms with Crippen molar-refractivity contribution in [3.05, 3.63) is 84.8 Å². The van der Waals surface area contributed by atoms with Crippen LogP contribution in [0.5, 0.6) is 0 Å². The number of benzene rings is 2. The van der Waals surface area contributed by atoms with Gasteiger partial charge in [0, 0.05) is 66.6 Å². The Morgan fingerprint density at radius 1 is 1.03 bits per heavy atom. The van der Waals surface area contributed by atoms with E-state index >= 15 is 0 Å². The summed E-state index contributed by atoms with van der Waals surface area (Å²) < 4.78 is 0. The number of amides is 1. The van der Waals surface area contributed by atoms with Gasteiger partial charge < -0.3 is 25.6 Å². The first-order valence-electron chi connectivity index (χ1n) is 10.6. The molecule has 2 aromatic heterocycles. The van der Waals surface area contributed by atoms with Crippen molar-refractivity contribution in [3.8, 4) is 0 Å². The fourth-order valence-corrected chi connectivity index (χ4v) is 3.70. The number of nitrogens with zero attached hydrogens (tertiary/aromatic N) is 2. The number of likely N-dealkylation sites (N-methyl/N-ethyl adjacent to an activating group) is 1. The van der Waals surface area contributed by atoms with Crippen LogP contribution in [0.4, 0.5) is 17.1 Å². The third kappa shape index (κ3) is 5.07. The molecule has 1 amide bonds. The monoisotopic (exact) mass is 429 g/mol. The summed E-state index contributed by atoms with van der Waals surface area (Å²) in [4.78, 5) is 22.0. The molecule has 0 aliphatic heterocycles. The van der Waals surface area contributed by atoms with E-state index in [1.807, 2.05) is 60.8 Å². The number of aliphatic hydroxyl groups excluding tert-OH is 1. The van der Waals surface area contributed by atoms with Crippen LogP contribution in [0.15, 0.2) is 79.3 Å². The minimum Gasteiger partial charge on any atom is -0.395 e. The lowest BCUT2D eigenvalue weighted by Gasteiger charge is -2.25. The van der Waals surface area contributed by atoms with Crippen LogP contribution in [0.25, 0.3) is 10.9 Å². The number of nitrogens with one attached hydrogen (secondary N) is 3. The van der Waals surface area contributed by atoms with Crippen LogP contribution in [0, 0.1) is 0 Å². The number of carbonyl (C=O) groups excluding carboxylic acids is 1. The Kier molecular flexibility index (Phi) is 6.67. The van der Waals surface area contributed by atoms with Gasteiger partial charge in [-0.25, -0.2) is 0 Å². The van der Waals surface area contributed by atoms with Gasteiger partial charge in [0.15, 0.2) is 0 Å². The van der Waals surface area contributed by atoms with Gasteiger partial charge in [-0.3, -0.25) is 9.78 Å². The number of pyridine rings is 1. The molecule has 0 aliphatic carbocycles. The Morgan fingerprint density at radius 2 is 1.72 bits per heavy atom. The second-order valence-electron chi connectivity index (χ2n) is 7.68. The van der Waals surface area contributed by atoms with E-state index in [-0.39, 0.29) is 12.5 Å². The van der Waals surface area contributed by atoms with Crippen LogP contribution in [0.2, 0.25) is 0 Å².